The van der Waals surface area contributed by atoms with Gasteiger partial charge in [-0.25, -0.2) is 18.7 Å². The number of halogens is 2. The van der Waals surface area contributed by atoms with Gasteiger partial charge in [0.25, 0.3) is 0 Å². The monoisotopic (exact) mass is 341 g/mol. The molecule has 0 aliphatic heterocycles. The van der Waals surface area contributed by atoms with Crippen LogP contribution in [0.2, 0.25) is 0 Å². The van der Waals surface area contributed by atoms with E-state index >= 15 is 0 Å². The molecular formula is C18H17F2N5. The minimum Gasteiger partial charge on any atom is -0.393 e. The van der Waals surface area contributed by atoms with E-state index in [-0.39, 0.29) is 5.69 Å². The molecule has 128 valence electrons. The molecule has 0 bridgehead atoms. The molecule has 0 unspecified atom stereocenters. The number of nitrogens with two attached hydrogens (primary N) is 1. The van der Waals surface area contributed by atoms with Crippen molar-refractivity contribution >= 4 is 28.7 Å². The summed E-state index contributed by atoms with van der Waals surface area (Å²) in [6.07, 6.45) is 1.34. The summed E-state index contributed by atoms with van der Waals surface area (Å²) >= 11 is 0. The zero-order valence-corrected chi connectivity index (χ0v) is 13.8. The Hall–Kier alpha value is -3.22. The van der Waals surface area contributed by atoms with Crippen LogP contribution < -0.4 is 16.4 Å². The van der Waals surface area contributed by atoms with E-state index in [1.165, 1.54) is 12.4 Å². The van der Waals surface area contributed by atoms with Gasteiger partial charge < -0.3 is 16.4 Å². The Morgan fingerprint density at radius 2 is 1.64 bits per heavy atom. The molecule has 7 heteroatoms. The van der Waals surface area contributed by atoms with E-state index in [0.29, 0.717) is 17.3 Å². The van der Waals surface area contributed by atoms with Crippen molar-refractivity contribution in [1.29, 1.82) is 0 Å². The first kappa shape index (κ1) is 16.6. The standard InChI is InChI=1S/C18H17F2N5/c1-10-4-3-5-15(11(10)2)25-18-16(21)17(22-9-23-18)24-12-6-7-13(19)14(20)8-12/h3-9H,21H2,1-2H3,(H2,22,23,24,25). The van der Waals surface area contributed by atoms with Gasteiger partial charge in [0, 0.05) is 17.4 Å². The van der Waals surface area contributed by atoms with Gasteiger partial charge in [0.2, 0.25) is 0 Å². The zero-order valence-electron chi connectivity index (χ0n) is 13.8. The van der Waals surface area contributed by atoms with Gasteiger partial charge in [0.05, 0.1) is 0 Å². The van der Waals surface area contributed by atoms with Crippen LogP contribution in [-0.2, 0) is 0 Å². The summed E-state index contributed by atoms with van der Waals surface area (Å²) in [7, 11) is 0. The maximum Gasteiger partial charge on any atom is 0.160 e. The van der Waals surface area contributed by atoms with Gasteiger partial charge in [-0.05, 0) is 43.2 Å². The van der Waals surface area contributed by atoms with Gasteiger partial charge in [-0.15, -0.1) is 0 Å². The highest BCUT2D eigenvalue weighted by atomic mass is 19.2. The number of nitrogens with one attached hydrogen (secondary N) is 2. The number of rotatable bonds is 4. The molecule has 1 heterocycles. The first-order chi connectivity index (χ1) is 12.0. The second kappa shape index (κ2) is 6.72. The highest BCUT2D eigenvalue weighted by molar-refractivity contribution is 5.80. The Bertz CT molecular complexity index is 927. The van der Waals surface area contributed by atoms with E-state index < -0.39 is 11.6 Å². The number of anilines is 5. The molecule has 0 fully saturated rings. The average Bonchev–Trinajstić information content (AvgIpc) is 2.59. The lowest BCUT2D eigenvalue weighted by molar-refractivity contribution is 0.509. The molecule has 5 nitrogen and oxygen atoms in total. The van der Waals surface area contributed by atoms with Crippen LogP contribution >= 0.6 is 0 Å². The number of nitrogens with zero attached hydrogens (tertiary/aromatic N) is 2. The normalized spacial score (nSPS) is 10.6. The molecule has 0 amide bonds. The topological polar surface area (TPSA) is 75.9 Å². The highest BCUT2D eigenvalue weighted by Gasteiger charge is 2.11. The summed E-state index contributed by atoms with van der Waals surface area (Å²) in [4.78, 5) is 8.22. The predicted octanol–water partition coefficient (Wildman–Crippen LogP) is 4.44. The second-order valence-electron chi connectivity index (χ2n) is 5.61. The van der Waals surface area contributed by atoms with Crippen LogP contribution in [0, 0.1) is 25.5 Å². The van der Waals surface area contributed by atoms with Crippen molar-refractivity contribution in [3.63, 3.8) is 0 Å². The van der Waals surface area contributed by atoms with E-state index in [9.17, 15) is 8.78 Å². The lowest BCUT2D eigenvalue weighted by atomic mass is 10.1. The van der Waals surface area contributed by atoms with Gasteiger partial charge in [-0.1, -0.05) is 12.1 Å². The van der Waals surface area contributed by atoms with Crippen molar-refractivity contribution in [3.05, 3.63) is 65.5 Å². The molecule has 4 N–H and O–H groups in total. The summed E-state index contributed by atoms with van der Waals surface area (Å²) in [6, 6.07) is 9.34. The zero-order chi connectivity index (χ0) is 18.0. The van der Waals surface area contributed by atoms with Crippen LogP contribution in [0.15, 0.2) is 42.7 Å². The molecule has 0 aliphatic rings. The quantitative estimate of drug-likeness (QED) is 0.654. The van der Waals surface area contributed by atoms with Crippen molar-refractivity contribution < 1.29 is 8.78 Å². The third kappa shape index (κ3) is 3.50. The van der Waals surface area contributed by atoms with Crippen LogP contribution in [0.4, 0.5) is 37.5 Å². The Morgan fingerprint density at radius 3 is 2.36 bits per heavy atom. The molecule has 3 aromatic rings. The van der Waals surface area contributed by atoms with E-state index in [1.54, 1.807) is 0 Å². The van der Waals surface area contributed by atoms with E-state index in [1.807, 2.05) is 32.0 Å². The molecule has 0 saturated heterocycles. The van der Waals surface area contributed by atoms with Crippen LogP contribution in [0.1, 0.15) is 11.1 Å². The van der Waals surface area contributed by atoms with Crippen LogP contribution in [-0.4, -0.2) is 9.97 Å². The Kier molecular flexibility index (Phi) is 4.47. The molecule has 0 saturated carbocycles. The summed E-state index contributed by atoms with van der Waals surface area (Å²) < 4.78 is 26.4. The number of nitrogen functional groups attached to an aromatic ring is 1. The number of hydrogen-bond acceptors (Lipinski definition) is 5. The van der Waals surface area contributed by atoms with Gasteiger partial charge in [0.15, 0.2) is 23.3 Å². The number of hydrogen-bond donors (Lipinski definition) is 3. The lowest BCUT2D eigenvalue weighted by Crippen LogP contribution is -2.06. The summed E-state index contributed by atoms with van der Waals surface area (Å²) in [6.45, 7) is 4.01. The van der Waals surface area contributed by atoms with Gasteiger partial charge >= 0.3 is 0 Å². The maximum atomic E-state index is 13.3. The van der Waals surface area contributed by atoms with E-state index in [2.05, 4.69) is 20.6 Å². The van der Waals surface area contributed by atoms with Crippen LogP contribution in [0.5, 0.6) is 0 Å². The fourth-order valence-corrected chi connectivity index (χ4v) is 2.32. The minimum atomic E-state index is -0.952. The van der Waals surface area contributed by atoms with Gasteiger partial charge in [-0.3, -0.25) is 0 Å². The molecule has 0 atom stereocenters. The Balaban J connectivity index is 1.89. The highest BCUT2D eigenvalue weighted by Crippen LogP contribution is 2.30. The van der Waals surface area contributed by atoms with Crippen LogP contribution in [0.3, 0.4) is 0 Å². The summed E-state index contributed by atoms with van der Waals surface area (Å²) in [5.41, 5.74) is 9.82. The Labute approximate surface area is 143 Å². The number of benzene rings is 2. The lowest BCUT2D eigenvalue weighted by Gasteiger charge is -2.14. The fraction of sp³-hybridized carbons (Fsp3) is 0.111. The maximum absolute atomic E-state index is 13.3. The smallest absolute Gasteiger partial charge is 0.160 e. The number of aryl methyl sites for hydroxylation is 1. The van der Waals surface area contributed by atoms with Crippen molar-refractivity contribution in [2.24, 2.45) is 0 Å². The van der Waals surface area contributed by atoms with Gasteiger partial charge in [-0.2, -0.15) is 0 Å². The summed E-state index contributed by atoms with van der Waals surface area (Å²) in [5.74, 6) is -1.15. The minimum absolute atomic E-state index is 0.271. The van der Waals surface area contributed by atoms with Crippen LogP contribution in [0.25, 0.3) is 0 Å². The molecule has 1 aromatic heterocycles. The van der Waals surface area contributed by atoms with Crippen molar-refractivity contribution in [3.8, 4) is 0 Å². The Morgan fingerprint density at radius 1 is 0.920 bits per heavy atom. The predicted molar refractivity (Wildman–Crippen MR) is 95.3 cm³/mol. The van der Waals surface area contributed by atoms with Gasteiger partial charge in [0.1, 0.15) is 12.0 Å². The van der Waals surface area contributed by atoms with Crippen molar-refractivity contribution in [2.45, 2.75) is 13.8 Å². The van der Waals surface area contributed by atoms with E-state index in [0.717, 1.165) is 28.9 Å². The first-order valence-electron chi connectivity index (χ1n) is 7.61. The molecule has 2 aromatic carbocycles. The molecular weight excluding hydrogens is 324 g/mol. The van der Waals surface area contributed by atoms with E-state index in [4.69, 9.17) is 5.73 Å². The molecule has 25 heavy (non-hydrogen) atoms. The largest absolute Gasteiger partial charge is 0.393 e. The van der Waals surface area contributed by atoms with Crippen molar-refractivity contribution in [1.82, 2.24) is 9.97 Å². The molecule has 0 aliphatic carbocycles. The second-order valence-corrected chi connectivity index (χ2v) is 5.61. The average molecular weight is 341 g/mol. The third-order valence-electron chi connectivity index (χ3n) is 3.92. The molecule has 0 radical (unpaired) electrons. The SMILES string of the molecule is Cc1cccc(Nc2ncnc(Nc3ccc(F)c(F)c3)c2N)c1C. The number of aromatic nitrogens is 2. The third-order valence-corrected chi connectivity index (χ3v) is 3.92. The molecule has 0 spiro atoms. The van der Waals surface area contributed by atoms with Crippen molar-refractivity contribution in [2.75, 3.05) is 16.4 Å². The fourth-order valence-electron chi connectivity index (χ4n) is 2.32. The first-order valence-corrected chi connectivity index (χ1v) is 7.61. The summed E-state index contributed by atoms with van der Waals surface area (Å²) in [5, 5.41) is 6.05. The molecule has 3 rings (SSSR count).